The number of rotatable bonds is 7. The zero-order chi connectivity index (χ0) is 25.7. The molecule has 1 aromatic heterocycles. The van der Waals surface area contributed by atoms with Crippen LogP contribution in [-0.4, -0.2) is 41.0 Å². The van der Waals surface area contributed by atoms with E-state index in [-0.39, 0.29) is 41.7 Å². The van der Waals surface area contributed by atoms with Gasteiger partial charge in [0.25, 0.3) is 0 Å². The van der Waals surface area contributed by atoms with Crippen LogP contribution in [0.25, 0.3) is 11.4 Å². The van der Waals surface area contributed by atoms with Crippen LogP contribution < -0.4 is 15.5 Å². The highest BCUT2D eigenvalue weighted by Crippen LogP contribution is 2.32. The third kappa shape index (κ3) is 6.07. The van der Waals surface area contributed by atoms with Crippen LogP contribution >= 0.6 is 0 Å². The van der Waals surface area contributed by atoms with E-state index in [2.05, 4.69) is 25.6 Å². The number of nitrogens with zero attached hydrogens (tertiary/aromatic N) is 4. The molecule has 3 aromatic rings. The average Bonchev–Trinajstić information content (AvgIpc) is 2.87. The van der Waals surface area contributed by atoms with Gasteiger partial charge in [0, 0.05) is 33.1 Å². The number of hydrogen-bond donors (Lipinski definition) is 2. The lowest BCUT2D eigenvalue weighted by Gasteiger charge is -2.32. The Morgan fingerprint density at radius 3 is 2.42 bits per heavy atom. The van der Waals surface area contributed by atoms with Gasteiger partial charge in [-0.3, -0.25) is 4.79 Å². The number of hydrogen-bond acceptors (Lipinski definition) is 6. The molecule has 0 saturated carbocycles. The second kappa shape index (κ2) is 10.9. The highest BCUT2D eigenvalue weighted by molar-refractivity contribution is 5.76. The molecule has 2 aromatic carbocycles. The number of anilines is 2. The molecule has 0 radical (unpaired) electrons. The van der Waals surface area contributed by atoms with Gasteiger partial charge in [-0.25, -0.2) is 4.39 Å². The fourth-order valence-corrected chi connectivity index (χ4v) is 4.20. The van der Waals surface area contributed by atoms with Crippen LogP contribution in [0.5, 0.6) is 0 Å². The molecule has 11 heteroatoms. The number of nitrogens with one attached hydrogen (secondary N) is 2. The second-order valence-electron chi connectivity index (χ2n) is 8.58. The molecule has 1 amide bonds. The number of alkyl halides is 3. The van der Waals surface area contributed by atoms with Crippen molar-refractivity contribution in [2.24, 2.45) is 5.92 Å². The molecule has 1 saturated heterocycles. The van der Waals surface area contributed by atoms with Crippen LogP contribution in [-0.2, 0) is 17.5 Å². The third-order valence-electron chi connectivity index (χ3n) is 6.13. The van der Waals surface area contributed by atoms with E-state index in [0.717, 1.165) is 6.07 Å². The van der Waals surface area contributed by atoms with E-state index < -0.39 is 17.6 Å². The van der Waals surface area contributed by atoms with E-state index in [4.69, 9.17) is 0 Å². The monoisotopic (exact) mass is 502 g/mol. The van der Waals surface area contributed by atoms with E-state index in [1.165, 1.54) is 24.3 Å². The molecule has 0 unspecified atom stereocenters. The topological polar surface area (TPSA) is 83.0 Å². The molecular formula is C25H26F4N6O. The average molecular weight is 503 g/mol. The van der Waals surface area contributed by atoms with E-state index >= 15 is 0 Å². The van der Waals surface area contributed by atoms with Gasteiger partial charge in [-0.05, 0) is 42.5 Å². The van der Waals surface area contributed by atoms with Gasteiger partial charge < -0.3 is 15.5 Å². The molecule has 0 atom stereocenters. The van der Waals surface area contributed by atoms with Gasteiger partial charge in [0.1, 0.15) is 5.82 Å². The molecular weight excluding hydrogens is 476 g/mol. The Balaban J connectivity index is 1.35. The lowest BCUT2D eigenvalue weighted by molar-refractivity contribution is -0.138. The Hall–Kier alpha value is -3.76. The Morgan fingerprint density at radius 1 is 1.03 bits per heavy atom. The molecule has 7 nitrogen and oxygen atoms in total. The fraction of sp³-hybridized carbons (Fsp3) is 0.360. The minimum Gasteiger partial charge on any atom is -0.357 e. The molecule has 1 aliphatic rings. The van der Waals surface area contributed by atoms with E-state index in [1.807, 2.05) is 4.90 Å². The Morgan fingerprint density at radius 2 is 1.72 bits per heavy atom. The lowest BCUT2D eigenvalue weighted by Crippen LogP contribution is -2.37. The standard InChI is InChI=1S/C25H26F4N6O/c1-30-23-32-22(18-7-3-5-9-20(18)26)33-24(34-23)35-12-10-16(11-13-35)14-21(36)31-15-17-6-2-4-8-19(17)25(27,28)29/h2-9,16H,10-15H2,1H3,(H,31,36)(H,30,32,33,34). The second-order valence-corrected chi connectivity index (χ2v) is 8.58. The normalized spacial score (nSPS) is 14.5. The Labute approximate surface area is 206 Å². The van der Waals surface area contributed by atoms with Gasteiger partial charge in [-0.1, -0.05) is 30.3 Å². The Kier molecular flexibility index (Phi) is 7.66. The first kappa shape index (κ1) is 25.3. The summed E-state index contributed by atoms with van der Waals surface area (Å²) in [7, 11) is 1.67. The van der Waals surface area contributed by atoms with Crippen LogP contribution in [0.1, 0.15) is 30.4 Å². The van der Waals surface area contributed by atoms with Gasteiger partial charge in [0.2, 0.25) is 17.8 Å². The predicted molar refractivity (Wildman–Crippen MR) is 128 cm³/mol. The van der Waals surface area contributed by atoms with Gasteiger partial charge in [0.05, 0.1) is 11.1 Å². The molecule has 1 aliphatic heterocycles. The van der Waals surface area contributed by atoms with Crippen molar-refractivity contribution >= 4 is 17.8 Å². The summed E-state index contributed by atoms with van der Waals surface area (Å²) in [6.45, 7) is 0.987. The maximum absolute atomic E-state index is 14.3. The fourth-order valence-electron chi connectivity index (χ4n) is 4.20. The molecule has 0 spiro atoms. The summed E-state index contributed by atoms with van der Waals surface area (Å²) in [5.41, 5.74) is -0.433. The van der Waals surface area contributed by atoms with Crippen molar-refractivity contribution in [3.63, 3.8) is 0 Å². The molecule has 1 fully saturated rings. The first-order chi connectivity index (χ1) is 17.2. The zero-order valence-corrected chi connectivity index (χ0v) is 19.6. The number of carbonyl (C=O) groups excluding carboxylic acids is 1. The quantitative estimate of drug-likeness (QED) is 0.458. The van der Waals surface area contributed by atoms with E-state index in [9.17, 15) is 22.4 Å². The SMILES string of the molecule is CNc1nc(-c2ccccc2F)nc(N2CCC(CC(=O)NCc3ccccc3C(F)(F)F)CC2)n1. The summed E-state index contributed by atoms with van der Waals surface area (Å²) in [5.74, 6) is 0.321. The number of carbonyl (C=O) groups is 1. The van der Waals surface area contributed by atoms with Gasteiger partial charge in [-0.2, -0.15) is 28.1 Å². The minimum atomic E-state index is -4.47. The molecule has 2 N–H and O–H groups in total. The molecule has 2 heterocycles. The van der Waals surface area contributed by atoms with Crippen LogP contribution in [0, 0.1) is 11.7 Å². The maximum Gasteiger partial charge on any atom is 0.416 e. The molecule has 190 valence electrons. The minimum absolute atomic E-state index is 0.0361. The summed E-state index contributed by atoms with van der Waals surface area (Å²) in [6.07, 6.45) is -2.88. The third-order valence-corrected chi connectivity index (χ3v) is 6.13. The van der Waals surface area contributed by atoms with Crippen molar-refractivity contribution in [3.8, 4) is 11.4 Å². The molecule has 4 rings (SSSR count). The summed E-state index contributed by atoms with van der Waals surface area (Å²) < 4.78 is 53.8. The van der Waals surface area contributed by atoms with Crippen molar-refractivity contribution in [3.05, 3.63) is 65.5 Å². The van der Waals surface area contributed by atoms with Gasteiger partial charge >= 0.3 is 6.18 Å². The predicted octanol–water partition coefficient (Wildman–Crippen LogP) is 4.66. The van der Waals surface area contributed by atoms with Crippen molar-refractivity contribution in [2.75, 3.05) is 30.4 Å². The number of amides is 1. The molecule has 0 aliphatic carbocycles. The van der Waals surface area contributed by atoms with Crippen molar-refractivity contribution < 1.29 is 22.4 Å². The molecule has 36 heavy (non-hydrogen) atoms. The van der Waals surface area contributed by atoms with Crippen molar-refractivity contribution in [1.82, 2.24) is 20.3 Å². The maximum atomic E-state index is 14.3. The van der Waals surface area contributed by atoms with Crippen LogP contribution in [0.4, 0.5) is 29.5 Å². The van der Waals surface area contributed by atoms with Crippen molar-refractivity contribution in [1.29, 1.82) is 0 Å². The van der Waals surface area contributed by atoms with Crippen LogP contribution in [0.2, 0.25) is 0 Å². The smallest absolute Gasteiger partial charge is 0.357 e. The summed E-state index contributed by atoms with van der Waals surface area (Å²) in [4.78, 5) is 27.5. The van der Waals surface area contributed by atoms with Crippen LogP contribution in [0.15, 0.2) is 48.5 Å². The zero-order valence-electron chi connectivity index (χ0n) is 19.6. The molecule has 0 bridgehead atoms. The van der Waals surface area contributed by atoms with E-state index in [0.29, 0.717) is 37.8 Å². The van der Waals surface area contributed by atoms with Gasteiger partial charge in [0.15, 0.2) is 5.82 Å². The lowest BCUT2D eigenvalue weighted by atomic mass is 9.93. The highest BCUT2D eigenvalue weighted by atomic mass is 19.4. The summed E-state index contributed by atoms with van der Waals surface area (Å²) >= 11 is 0. The number of aromatic nitrogens is 3. The summed E-state index contributed by atoms with van der Waals surface area (Å²) in [6, 6.07) is 11.5. The largest absolute Gasteiger partial charge is 0.416 e. The first-order valence-corrected chi connectivity index (χ1v) is 11.6. The summed E-state index contributed by atoms with van der Waals surface area (Å²) in [5, 5.41) is 5.50. The Bertz CT molecular complexity index is 1210. The number of benzene rings is 2. The van der Waals surface area contributed by atoms with Gasteiger partial charge in [-0.15, -0.1) is 0 Å². The number of halogens is 4. The van der Waals surface area contributed by atoms with Crippen molar-refractivity contribution in [2.45, 2.75) is 32.0 Å². The highest BCUT2D eigenvalue weighted by Gasteiger charge is 2.33. The first-order valence-electron chi connectivity index (χ1n) is 11.6. The van der Waals surface area contributed by atoms with E-state index in [1.54, 1.807) is 25.2 Å². The number of piperidine rings is 1. The van der Waals surface area contributed by atoms with Crippen LogP contribution in [0.3, 0.4) is 0 Å².